The van der Waals surface area contributed by atoms with E-state index in [4.69, 9.17) is 10.5 Å². The summed E-state index contributed by atoms with van der Waals surface area (Å²) in [5.74, 6) is -0.169. The summed E-state index contributed by atoms with van der Waals surface area (Å²) >= 11 is 0. The number of aliphatic imine (C=N–C) groups is 1. The Morgan fingerprint density at radius 3 is 2.45 bits per heavy atom. The Morgan fingerprint density at radius 2 is 1.86 bits per heavy atom. The highest BCUT2D eigenvalue weighted by atomic mass is 19.4. The van der Waals surface area contributed by atoms with E-state index >= 15 is 0 Å². The van der Waals surface area contributed by atoms with Gasteiger partial charge in [0.1, 0.15) is 5.60 Å². The maximum atomic E-state index is 12.5. The van der Waals surface area contributed by atoms with Crippen LogP contribution in [0.2, 0.25) is 0 Å². The lowest BCUT2D eigenvalue weighted by atomic mass is 9.97. The van der Waals surface area contributed by atoms with E-state index in [2.05, 4.69) is 15.0 Å². The molecule has 1 aliphatic rings. The minimum atomic E-state index is -4.80. The molecule has 0 unspecified atom stereocenters. The fourth-order valence-electron chi connectivity index (χ4n) is 2.81. The van der Waals surface area contributed by atoms with E-state index in [1.54, 1.807) is 11.0 Å². The van der Waals surface area contributed by atoms with Crippen LogP contribution in [-0.4, -0.2) is 48.6 Å². The molecule has 2 rings (SSSR count). The Bertz CT molecular complexity index is 724. The maximum absolute atomic E-state index is 12.5. The number of halogens is 3. The van der Waals surface area contributed by atoms with Crippen molar-refractivity contribution in [2.24, 2.45) is 16.6 Å². The average molecular weight is 416 g/mol. The molecule has 10 heteroatoms. The minimum absolute atomic E-state index is 0.00204. The van der Waals surface area contributed by atoms with Gasteiger partial charge in [0, 0.05) is 19.6 Å². The zero-order chi connectivity index (χ0) is 21.7. The zero-order valence-electron chi connectivity index (χ0n) is 16.8. The van der Waals surface area contributed by atoms with Gasteiger partial charge in [-0.2, -0.15) is 0 Å². The number of hydrogen-bond acceptors (Lipinski definition) is 4. The third kappa shape index (κ3) is 8.08. The predicted octanol–water partition coefficient (Wildman–Crippen LogP) is 3.96. The van der Waals surface area contributed by atoms with E-state index < -0.39 is 12.0 Å². The Kier molecular flexibility index (Phi) is 7.21. The number of rotatable bonds is 4. The number of anilines is 1. The summed E-state index contributed by atoms with van der Waals surface area (Å²) in [6.07, 6.45) is -3.65. The van der Waals surface area contributed by atoms with Gasteiger partial charge in [-0.15, -0.1) is 13.2 Å². The maximum Gasteiger partial charge on any atom is 0.573 e. The van der Waals surface area contributed by atoms with Crippen LogP contribution in [0, 0.1) is 5.92 Å². The average Bonchev–Trinajstić information content (AvgIpc) is 2.59. The Morgan fingerprint density at radius 1 is 1.24 bits per heavy atom. The van der Waals surface area contributed by atoms with Gasteiger partial charge >= 0.3 is 12.5 Å². The van der Waals surface area contributed by atoms with Gasteiger partial charge in [0.05, 0.1) is 5.69 Å². The van der Waals surface area contributed by atoms with Crippen molar-refractivity contribution in [2.75, 3.05) is 25.0 Å². The molecule has 0 bridgehead atoms. The number of guanidine groups is 1. The number of nitrogens with one attached hydrogen (secondary N) is 1. The second-order valence-electron chi connectivity index (χ2n) is 7.81. The molecule has 1 aromatic rings. The van der Waals surface area contributed by atoms with Crippen molar-refractivity contribution in [1.29, 1.82) is 0 Å². The van der Waals surface area contributed by atoms with Crippen LogP contribution in [0.5, 0.6) is 5.75 Å². The first-order valence-electron chi connectivity index (χ1n) is 9.32. The first-order chi connectivity index (χ1) is 13.4. The normalized spacial score (nSPS) is 16.5. The first-order valence-corrected chi connectivity index (χ1v) is 9.32. The monoisotopic (exact) mass is 416 g/mol. The van der Waals surface area contributed by atoms with Crippen molar-refractivity contribution in [3.8, 4) is 5.75 Å². The molecule has 3 N–H and O–H groups in total. The smallest absolute Gasteiger partial charge is 0.444 e. The van der Waals surface area contributed by atoms with E-state index in [0.29, 0.717) is 19.6 Å². The first kappa shape index (κ1) is 22.6. The quantitative estimate of drug-likeness (QED) is 0.573. The fourth-order valence-corrected chi connectivity index (χ4v) is 2.81. The van der Waals surface area contributed by atoms with Crippen LogP contribution in [0.25, 0.3) is 0 Å². The highest BCUT2D eigenvalue weighted by molar-refractivity contribution is 5.93. The SMILES string of the molecule is CC(C)(C)OC(=O)N1CCC(CN=C(N)Nc2ccccc2OC(F)(F)F)CC1. The fraction of sp³-hybridized carbons (Fsp3) is 0.579. The lowest BCUT2D eigenvalue weighted by Crippen LogP contribution is -2.42. The molecular weight excluding hydrogens is 389 g/mol. The summed E-state index contributed by atoms with van der Waals surface area (Å²) in [5.41, 5.74) is 5.36. The van der Waals surface area contributed by atoms with E-state index in [1.807, 2.05) is 20.8 Å². The molecule has 7 nitrogen and oxygen atoms in total. The Hall–Kier alpha value is -2.65. The van der Waals surface area contributed by atoms with Crippen molar-refractivity contribution in [3.05, 3.63) is 24.3 Å². The van der Waals surface area contributed by atoms with E-state index in [-0.39, 0.29) is 29.4 Å². The number of nitrogens with two attached hydrogens (primary N) is 1. The number of hydrogen-bond donors (Lipinski definition) is 2. The molecule has 1 saturated heterocycles. The topological polar surface area (TPSA) is 89.2 Å². The standard InChI is InChI=1S/C19H27F3N4O3/c1-18(2,3)29-17(27)26-10-8-13(9-11-26)12-24-16(23)25-14-6-4-5-7-15(14)28-19(20,21)22/h4-7,13H,8-12H2,1-3H3,(H3,23,24,25). The number of nitrogens with zero attached hydrogens (tertiary/aromatic N) is 2. The molecule has 0 atom stereocenters. The Balaban J connectivity index is 1.85. The number of carbonyl (C=O) groups excluding carboxylic acids is 1. The number of piperidine rings is 1. The van der Waals surface area contributed by atoms with E-state index in [9.17, 15) is 18.0 Å². The summed E-state index contributed by atoms with van der Waals surface area (Å²) < 4.78 is 46.8. The molecule has 0 radical (unpaired) electrons. The van der Waals surface area contributed by atoms with Crippen molar-refractivity contribution in [1.82, 2.24) is 4.90 Å². The molecule has 162 valence electrons. The van der Waals surface area contributed by atoms with Gasteiger partial charge in [-0.3, -0.25) is 4.99 Å². The van der Waals surface area contributed by atoms with Crippen LogP contribution >= 0.6 is 0 Å². The van der Waals surface area contributed by atoms with Crippen molar-refractivity contribution >= 4 is 17.7 Å². The van der Waals surface area contributed by atoms with Gasteiger partial charge < -0.3 is 25.4 Å². The molecule has 1 amide bonds. The number of para-hydroxylation sites is 2. The van der Waals surface area contributed by atoms with Crippen LogP contribution in [0.3, 0.4) is 0 Å². The molecule has 0 spiro atoms. The summed E-state index contributed by atoms with van der Waals surface area (Å²) in [4.78, 5) is 18.0. The lowest BCUT2D eigenvalue weighted by molar-refractivity contribution is -0.274. The van der Waals surface area contributed by atoms with Gasteiger partial charge in [0.15, 0.2) is 11.7 Å². The zero-order valence-corrected chi connectivity index (χ0v) is 16.8. The van der Waals surface area contributed by atoms with Crippen LogP contribution in [0.4, 0.5) is 23.7 Å². The third-order valence-corrected chi connectivity index (χ3v) is 4.16. The van der Waals surface area contributed by atoms with Crippen molar-refractivity contribution in [3.63, 3.8) is 0 Å². The van der Waals surface area contributed by atoms with Crippen LogP contribution in [0.1, 0.15) is 33.6 Å². The molecule has 0 aromatic heterocycles. The van der Waals surface area contributed by atoms with E-state index in [0.717, 1.165) is 12.8 Å². The van der Waals surface area contributed by atoms with Crippen molar-refractivity contribution in [2.45, 2.75) is 45.6 Å². The van der Waals surface area contributed by atoms with Crippen molar-refractivity contribution < 1.29 is 27.4 Å². The number of alkyl halides is 3. The second-order valence-corrected chi connectivity index (χ2v) is 7.81. The summed E-state index contributed by atoms with van der Waals surface area (Å²) in [7, 11) is 0. The summed E-state index contributed by atoms with van der Waals surface area (Å²) in [6.45, 7) is 6.98. The summed E-state index contributed by atoms with van der Waals surface area (Å²) in [6, 6.07) is 5.60. The number of ether oxygens (including phenoxy) is 2. The van der Waals surface area contributed by atoms with Gasteiger partial charge in [0.25, 0.3) is 0 Å². The lowest BCUT2D eigenvalue weighted by Gasteiger charge is -2.33. The molecular formula is C19H27F3N4O3. The largest absolute Gasteiger partial charge is 0.573 e. The highest BCUT2D eigenvalue weighted by Crippen LogP contribution is 2.29. The molecule has 0 aliphatic carbocycles. The summed E-state index contributed by atoms with van der Waals surface area (Å²) in [5, 5.41) is 2.64. The third-order valence-electron chi connectivity index (χ3n) is 4.16. The molecule has 1 heterocycles. The van der Waals surface area contributed by atoms with Crippen LogP contribution < -0.4 is 15.8 Å². The molecule has 1 fully saturated rings. The second kappa shape index (κ2) is 9.23. The van der Waals surface area contributed by atoms with Gasteiger partial charge in [-0.1, -0.05) is 12.1 Å². The predicted molar refractivity (Wildman–Crippen MR) is 104 cm³/mol. The van der Waals surface area contributed by atoms with Gasteiger partial charge in [0.2, 0.25) is 0 Å². The Labute approximate surface area is 168 Å². The number of benzene rings is 1. The van der Waals surface area contributed by atoms with Crippen LogP contribution in [0.15, 0.2) is 29.3 Å². The minimum Gasteiger partial charge on any atom is -0.444 e. The molecule has 1 aromatic carbocycles. The molecule has 29 heavy (non-hydrogen) atoms. The van der Waals surface area contributed by atoms with Gasteiger partial charge in [-0.05, 0) is 51.7 Å². The van der Waals surface area contributed by atoms with Gasteiger partial charge in [-0.25, -0.2) is 4.79 Å². The van der Waals surface area contributed by atoms with E-state index in [1.165, 1.54) is 18.2 Å². The number of amides is 1. The number of carbonyl (C=O) groups is 1. The molecule has 1 aliphatic heterocycles. The number of likely N-dealkylation sites (tertiary alicyclic amines) is 1. The van der Waals surface area contributed by atoms with Crippen LogP contribution in [-0.2, 0) is 4.74 Å². The molecule has 0 saturated carbocycles. The highest BCUT2D eigenvalue weighted by Gasteiger charge is 2.32.